The van der Waals surface area contributed by atoms with Crippen LogP contribution in [0.2, 0.25) is 5.02 Å². The molecule has 240 valence electrons. The molecule has 2 aromatic heterocycles. The van der Waals surface area contributed by atoms with Gasteiger partial charge in [-0.15, -0.1) is 0 Å². The van der Waals surface area contributed by atoms with Crippen molar-refractivity contribution in [1.29, 1.82) is 0 Å². The minimum atomic E-state index is -0.134. The number of nitrogens with zero attached hydrogens (tertiary/aromatic N) is 5. The van der Waals surface area contributed by atoms with Crippen molar-refractivity contribution in [2.24, 2.45) is 28.2 Å². The summed E-state index contributed by atoms with van der Waals surface area (Å²) >= 11 is 6.08. The van der Waals surface area contributed by atoms with Gasteiger partial charge in [-0.3, -0.25) is 14.2 Å². The Labute approximate surface area is 273 Å². The maximum atomic E-state index is 13.9. The molecule has 2 bridgehead atoms. The lowest BCUT2D eigenvalue weighted by Gasteiger charge is -2.61. The summed E-state index contributed by atoms with van der Waals surface area (Å²) in [5.41, 5.74) is 2.61. The van der Waals surface area contributed by atoms with Crippen LogP contribution in [0.3, 0.4) is 0 Å². The number of aromatic amines is 1. The summed E-state index contributed by atoms with van der Waals surface area (Å²) in [6.45, 7) is 10.4. The molecule has 3 aliphatic carbocycles. The Morgan fingerprint density at radius 3 is 2.63 bits per heavy atom. The monoisotopic (exact) mass is 640 g/mol. The molecule has 1 amide bonds. The average Bonchev–Trinajstić information content (AvgIpc) is 3.56. The van der Waals surface area contributed by atoms with Gasteiger partial charge in [0.15, 0.2) is 17.6 Å². The minimum Gasteiger partial charge on any atom is -0.350 e. The molecule has 0 radical (unpaired) electrons. The van der Waals surface area contributed by atoms with Gasteiger partial charge in [-0.05, 0) is 85.3 Å². The lowest BCUT2D eigenvalue weighted by atomic mass is 9.45. The quantitative estimate of drug-likeness (QED) is 0.193. The van der Waals surface area contributed by atoms with Crippen molar-refractivity contribution in [3.05, 3.63) is 75.8 Å². The first-order valence-electron chi connectivity index (χ1n) is 16.2. The number of hydrogen-bond donors (Lipinski definition) is 3. The van der Waals surface area contributed by atoms with Crippen molar-refractivity contribution in [2.45, 2.75) is 65.6 Å². The number of aromatic nitrogens is 4. The number of fused-ring (bicyclic) bond motifs is 3. The van der Waals surface area contributed by atoms with E-state index < -0.39 is 0 Å². The van der Waals surface area contributed by atoms with Gasteiger partial charge in [-0.1, -0.05) is 44.5 Å². The number of guanidine groups is 1. The number of piperazine rings is 1. The first kappa shape index (κ1) is 30.5. The second kappa shape index (κ2) is 11.9. The summed E-state index contributed by atoms with van der Waals surface area (Å²) < 4.78 is 1.68. The van der Waals surface area contributed by atoms with Gasteiger partial charge in [0.1, 0.15) is 0 Å². The number of nitrogens with one attached hydrogen (secondary N) is 3. The van der Waals surface area contributed by atoms with Gasteiger partial charge in [0.05, 0.1) is 23.5 Å². The Kier molecular flexibility index (Phi) is 7.87. The predicted molar refractivity (Wildman–Crippen MR) is 182 cm³/mol. The van der Waals surface area contributed by atoms with Gasteiger partial charge in [-0.2, -0.15) is 0 Å². The van der Waals surface area contributed by atoms with E-state index >= 15 is 0 Å². The van der Waals surface area contributed by atoms with Crippen LogP contribution in [0.4, 0.5) is 5.69 Å². The molecule has 2 aromatic carbocycles. The minimum absolute atomic E-state index is 0.00447. The van der Waals surface area contributed by atoms with Gasteiger partial charge in [0.25, 0.3) is 5.56 Å². The van der Waals surface area contributed by atoms with E-state index in [-0.39, 0.29) is 30.1 Å². The highest BCUT2D eigenvalue weighted by Gasteiger charge is 2.56. The lowest BCUT2D eigenvalue weighted by Crippen LogP contribution is -2.58. The van der Waals surface area contributed by atoms with E-state index in [0.717, 1.165) is 17.7 Å². The summed E-state index contributed by atoms with van der Waals surface area (Å²) in [4.78, 5) is 46.4. The van der Waals surface area contributed by atoms with Crippen molar-refractivity contribution in [3.8, 4) is 11.6 Å². The van der Waals surface area contributed by atoms with Crippen molar-refractivity contribution in [2.75, 3.05) is 18.4 Å². The van der Waals surface area contributed by atoms with E-state index in [1.165, 1.54) is 6.42 Å². The summed E-state index contributed by atoms with van der Waals surface area (Å²) in [7, 11) is 0. The number of halogens is 1. The summed E-state index contributed by atoms with van der Waals surface area (Å²) in [6.07, 6.45) is 6.34. The first-order valence-corrected chi connectivity index (χ1v) is 16.6. The molecule has 11 heteroatoms. The zero-order valence-corrected chi connectivity index (χ0v) is 27.5. The zero-order valence-electron chi connectivity index (χ0n) is 26.8. The van der Waals surface area contributed by atoms with Crippen molar-refractivity contribution in [1.82, 2.24) is 29.7 Å². The number of aliphatic imine (C=N–C) groups is 1. The number of anilines is 1. The zero-order chi connectivity index (χ0) is 32.2. The Bertz CT molecular complexity index is 1850. The Balaban J connectivity index is 1.23. The third-order valence-corrected chi connectivity index (χ3v) is 10.8. The SMILES string of the molecule is C[C@@H]1C(N=C(Nc2ccc3c(=O)n(CCc4ccc(Cl)cc4)c(-c4ncc[nH]4)nc3c2)N2CC(=O)N[C@@H](C)C2)C[C@H]2C[C@@H]1C2(C)C. The molecule has 46 heavy (non-hydrogen) atoms. The van der Waals surface area contributed by atoms with Gasteiger partial charge in [0, 0.05) is 42.2 Å². The smallest absolute Gasteiger partial charge is 0.261 e. The molecule has 10 nitrogen and oxygen atoms in total. The van der Waals surface area contributed by atoms with E-state index in [9.17, 15) is 9.59 Å². The number of hydrogen-bond acceptors (Lipinski definition) is 5. The third-order valence-electron chi connectivity index (χ3n) is 10.6. The molecule has 1 aliphatic heterocycles. The van der Waals surface area contributed by atoms with Gasteiger partial charge in [0.2, 0.25) is 5.91 Å². The summed E-state index contributed by atoms with van der Waals surface area (Å²) in [5, 5.41) is 7.76. The normalized spacial score (nSPS) is 25.7. The van der Waals surface area contributed by atoms with Crippen LogP contribution in [-0.2, 0) is 17.8 Å². The molecule has 4 aromatic rings. The van der Waals surface area contributed by atoms with Crippen molar-refractivity contribution >= 4 is 40.1 Å². The van der Waals surface area contributed by atoms with Crippen LogP contribution in [-0.4, -0.2) is 61.5 Å². The second-order valence-electron chi connectivity index (χ2n) is 13.9. The standard InChI is InChI=1S/C35H41ClN8O2/c1-20-18-43(19-30(45)39-20)34(42-28-16-23-15-27(21(28)2)35(23,3)4)40-25-9-10-26-29(17-25)41-32(31-37-12-13-38-31)44(33(26)46)14-11-22-5-7-24(36)8-6-22/h5-10,12-13,17,20-21,23,27-28H,11,14-16,18-19H2,1-4H3,(H,37,38)(H,39,45)(H,40,42)/t20-,21-,23+,27-,28?/m0/s1. The lowest BCUT2D eigenvalue weighted by molar-refractivity contribution is -0.124. The number of amides is 1. The largest absolute Gasteiger partial charge is 0.350 e. The maximum Gasteiger partial charge on any atom is 0.261 e. The molecule has 4 fully saturated rings. The number of benzene rings is 2. The number of carbonyl (C=O) groups is 1. The molecule has 5 atom stereocenters. The van der Waals surface area contributed by atoms with E-state index in [1.807, 2.05) is 54.3 Å². The van der Waals surface area contributed by atoms with Crippen LogP contribution in [0.1, 0.15) is 46.1 Å². The van der Waals surface area contributed by atoms with Crippen LogP contribution < -0.4 is 16.2 Å². The highest BCUT2D eigenvalue weighted by atomic mass is 35.5. The number of rotatable bonds is 6. The highest BCUT2D eigenvalue weighted by Crippen LogP contribution is 2.61. The van der Waals surface area contributed by atoms with Crippen LogP contribution >= 0.6 is 11.6 Å². The molecule has 8 rings (SSSR count). The van der Waals surface area contributed by atoms with E-state index in [0.29, 0.717) is 76.2 Å². The van der Waals surface area contributed by atoms with E-state index in [4.69, 9.17) is 21.6 Å². The highest BCUT2D eigenvalue weighted by molar-refractivity contribution is 6.30. The van der Waals surface area contributed by atoms with Gasteiger partial charge in [-0.25, -0.2) is 15.0 Å². The number of aryl methyl sites for hydroxylation is 1. The van der Waals surface area contributed by atoms with Crippen LogP contribution in [0, 0.1) is 23.2 Å². The van der Waals surface area contributed by atoms with Crippen LogP contribution in [0.15, 0.2) is 64.6 Å². The summed E-state index contributed by atoms with van der Waals surface area (Å²) in [6, 6.07) is 13.4. The van der Waals surface area contributed by atoms with Gasteiger partial charge < -0.3 is 20.5 Å². The topological polar surface area (TPSA) is 120 Å². The van der Waals surface area contributed by atoms with Crippen molar-refractivity contribution < 1.29 is 4.79 Å². The molecule has 3 saturated carbocycles. The summed E-state index contributed by atoms with van der Waals surface area (Å²) in [5.74, 6) is 3.44. The Morgan fingerprint density at radius 2 is 1.93 bits per heavy atom. The Morgan fingerprint density at radius 1 is 1.13 bits per heavy atom. The third kappa shape index (κ3) is 5.68. The number of imidazole rings is 1. The van der Waals surface area contributed by atoms with Crippen LogP contribution in [0.5, 0.6) is 0 Å². The molecular formula is C35H41ClN8O2. The predicted octanol–water partition coefficient (Wildman–Crippen LogP) is 5.34. The van der Waals surface area contributed by atoms with Crippen molar-refractivity contribution in [3.63, 3.8) is 0 Å². The fourth-order valence-corrected chi connectivity index (χ4v) is 7.96. The molecule has 4 aliphatic rings. The number of carbonyl (C=O) groups excluding carboxylic acids is 1. The molecule has 0 spiro atoms. The molecular weight excluding hydrogens is 600 g/mol. The first-order chi connectivity index (χ1) is 22.1. The van der Waals surface area contributed by atoms with E-state index in [1.54, 1.807) is 17.0 Å². The fourth-order valence-electron chi connectivity index (χ4n) is 7.83. The fraction of sp³-hybridized carbons (Fsp3) is 0.457. The molecule has 1 saturated heterocycles. The maximum absolute atomic E-state index is 13.9. The molecule has 1 unspecified atom stereocenters. The average molecular weight is 641 g/mol. The van der Waals surface area contributed by atoms with E-state index in [2.05, 4.69) is 41.4 Å². The van der Waals surface area contributed by atoms with Crippen LogP contribution in [0.25, 0.3) is 22.6 Å². The van der Waals surface area contributed by atoms with Gasteiger partial charge >= 0.3 is 0 Å². The molecule has 3 heterocycles. The second-order valence-corrected chi connectivity index (χ2v) is 14.3. The molecule has 3 N–H and O–H groups in total. The Hall–Kier alpha value is -4.18. The number of H-pyrrole nitrogens is 1.